The van der Waals surface area contributed by atoms with E-state index < -0.39 is 4.92 Å². The van der Waals surface area contributed by atoms with Crippen molar-refractivity contribution in [2.45, 2.75) is 6.92 Å². The van der Waals surface area contributed by atoms with Crippen molar-refractivity contribution in [1.29, 1.82) is 0 Å². The molecule has 0 aliphatic rings. The maximum Gasteiger partial charge on any atom is 0.284 e. The van der Waals surface area contributed by atoms with Gasteiger partial charge in [-0.25, -0.2) is 0 Å². The van der Waals surface area contributed by atoms with Gasteiger partial charge in [0.2, 0.25) is 12.4 Å². The highest BCUT2D eigenvalue weighted by Crippen LogP contribution is 2.12. The molecule has 5 heteroatoms. The van der Waals surface area contributed by atoms with Gasteiger partial charge in [0.05, 0.1) is 16.6 Å². The van der Waals surface area contributed by atoms with Crippen LogP contribution in [0.4, 0.5) is 5.69 Å². The van der Waals surface area contributed by atoms with Crippen molar-refractivity contribution in [3.8, 4) is 0 Å². The van der Waals surface area contributed by atoms with Crippen LogP contribution in [-0.4, -0.2) is 10.1 Å². The number of aryl methyl sites for hydroxylation is 1. The Morgan fingerprint density at radius 2 is 2.36 bits per heavy atom. The minimum absolute atomic E-state index is 0.00954. The smallest absolute Gasteiger partial charge is 0.284 e. The zero-order chi connectivity index (χ0) is 8.43. The zero-order valence-corrected chi connectivity index (χ0v) is 5.89. The van der Waals surface area contributed by atoms with Crippen LogP contribution in [0.15, 0.2) is 18.5 Å². The molecule has 0 radical (unpaired) electrons. The summed E-state index contributed by atoms with van der Waals surface area (Å²) in [7, 11) is 0. The fourth-order valence-electron chi connectivity index (χ4n) is 0.791. The molecule has 0 fully saturated rings. The second-order valence-corrected chi connectivity index (χ2v) is 2.15. The minimum atomic E-state index is -0.491. The molecule has 5 nitrogen and oxygen atoms in total. The largest absolute Gasteiger partial charge is 0.285 e. The normalized spacial score (nSPS) is 9.55. The highest BCUT2D eigenvalue weighted by molar-refractivity contribution is 5.33. The van der Waals surface area contributed by atoms with Crippen LogP contribution in [0.1, 0.15) is 5.56 Å². The number of rotatable bonds is 1. The lowest BCUT2D eigenvalue weighted by atomic mass is 10.3. The summed E-state index contributed by atoms with van der Waals surface area (Å²) in [5, 5.41) is 19.1. The second kappa shape index (κ2) is 2.53. The molecule has 1 aromatic rings. The molecule has 1 aromatic heterocycles. The highest BCUT2D eigenvalue weighted by atomic mass is 16.6. The predicted molar refractivity (Wildman–Crippen MR) is 35.2 cm³/mol. The fraction of sp³-hybridized carbons (Fsp3) is 0.167. The SMILES string of the molecule is Cc1c[n+](O)ccc1[N+](=O)[O-]. The van der Waals surface area contributed by atoms with Gasteiger partial charge in [0.15, 0.2) is 0 Å². The van der Waals surface area contributed by atoms with E-state index in [9.17, 15) is 10.1 Å². The van der Waals surface area contributed by atoms with E-state index in [-0.39, 0.29) is 5.69 Å². The lowest BCUT2D eigenvalue weighted by molar-refractivity contribution is -0.905. The molecule has 0 aliphatic carbocycles. The highest BCUT2D eigenvalue weighted by Gasteiger charge is 2.13. The van der Waals surface area contributed by atoms with Crippen molar-refractivity contribution >= 4 is 5.69 Å². The average Bonchev–Trinajstić information content (AvgIpc) is 1.85. The molecule has 0 spiro atoms. The van der Waals surface area contributed by atoms with E-state index in [4.69, 9.17) is 5.21 Å². The molecule has 11 heavy (non-hydrogen) atoms. The van der Waals surface area contributed by atoms with Crippen LogP contribution >= 0.6 is 0 Å². The quantitative estimate of drug-likeness (QED) is 0.277. The Kier molecular flexibility index (Phi) is 1.72. The number of aromatic nitrogens is 1. The van der Waals surface area contributed by atoms with Gasteiger partial charge in [0, 0.05) is 4.73 Å². The number of pyridine rings is 1. The summed E-state index contributed by atoms with van der Waals surface area (Å²) in [5.41, 5.74) is 0.440. The molecule has 0 saturated carbocycles. The first kappa shape index (κ1) is 7.46. The Labute approximate surface area is 62.6 Å². The van der Waals surface area contributed by atoms with Crippen LogP contribution in [0.2, 0.25) is 0 Å². The van der Waals surface area contributed by atoms with Crippen molar-refractivity contribution in [2.75, 3.05) is 0 Å². The summed E-state index contributed by atoms with van der Waals surface area (Å²) in [6, 6.07) is 1.25. The van der Waals surface area contributed by atoms with E-state index in [0.717, 1.165) is 4.73 Å². The molecule has 1 rings (SSSR count). The Morgan fingerprint density at radius 3 is 2.82 bits per heavy atom. The van der Waals surface area contributed by atoms with Gasteiger partial charge in [0.1, 0.15) is 0 Å². The molecule has 0 aromatic carbocycles. The standard InChI is InChI=1S/C6H7N2O3/c1-5-4-7(9)3-2-6(5)8(10)11/h2-4,9H,1H3/q+1. The van der Waals surface area contributed by atoms with Gasteiger partial charge in [-0.1, -0.05) is 0 Å². The molecule has 0 amide bonds. The van der Waals surface area contributed by atoms with Crippen molar-refractivity contribution in [3.05, 3.63) is 34.1 Å². The zero-order valence-electron chi connectivity index (χ0n) is 5.89. The summed E-state index contributed by atoms with van der Waals surface area (Å²) in [6.07, 6.45) is 2.49. The molecule has 0 bridgehead atoms. The Hall–Kier alpha value is -1.65. The Morgan fingerprint density at radius 1 is 1.73 bits per heavy atom. The van der Waals surface area contributed by atoms with Gasteiger partial charge in [-0.3, -0.25) is 15.3 Å². The van der Waals surface area contributed by atoms with E-state index in [0.29, 0.717) is 5.56 Å². The maximum atomic E-state index is 10.2. The molecule has 0 atom stereocenters. The van der Waals surface area contributed by atoms with Crippen LogP contribution in [0, 0.1) is 17.0 Å². The third-order valence-corrected chi connectivity index (χ3v) is 1.31. The number of nitrogens with zero attached hydrogens (tertiary/aromatic N) is 2. The summed E-state index contributed by atoms with van der Waals surface area (Å²) < 4.78 is 0.780. The van der Waals surface area contributed by atoms with Crippen molar-refractivity contribution in [3.63, 3.8) is 0 Å². The molecule has 58 valence electrons. The van der Waals surface area contributed by atoms with Gasteiger partial charge in [-0.2, -0.15) is 0 Å². The maximum absolute atomic E-state index is 10.2. The topological polar surface area (TPSA) is 67.2 Å². The van der Waals surface area contributed by atoms with E-state index in [1.165, 1.54) is 18.5 Å². The van der Waals surface area contributed by atoms with Gasteiger partial charge in [-0.15, -0.1) is 0 Å². The summed E-state index contributed by atoms with van der Waals surface area (Å²) in [4.78, 5) is 9.76. The van der Waals surface area contributed by atoms with Gasteiger partial charge >= 0.3 is 0 Å². The third kappa shape index (κ3) is 1.43. The number of nitro groups is 1. The molecule has 0 saturated heterocycles. The summed E-state index contributed by atoms with van der Waals surface area (Å²) in [6.45, 7) is 1.56. The van der Waals surface area contributed by atoms with Gasteiger partial charge in [-0.05, 0) is 6.92 Å². The number of hydrogen-bond donors (Lipinski definition) is 1. The van der Waals surface area contributed by atoms with Gasteiger partial charge < -0.3 is 0 Å². The van der Waals surface area contributed by atoms with E-state index in [1.807, 2.05) is 0 Å². The summed E-state index contributed by atoms with van der Waals surface area (Å²) >= 11 is 0. The molecule has 0 unspecified atom stereocenters. The molecular formula is C6H7N2O3+. The van der Waals surface area contributed by atoms with E-state index in [2.05, 4.69) is 0 Å². The van der Waals surface area contributed by atoms with Crippen LogP contribution in [0.3, 0.4) is 0 Å². The first-order valence-corrected chi connectivity index (χ1v) is 2.97. The third-order valence-electron chi connectivity index (χ3n) is 1.31. The van der Waals surface area contributed by atoms with Gasteiger partial charge in [0.25, 0.3) is 5.69 Å². The van der Waals surface area contributed by atoms with Crippen LogP contribution in [0.25, 0.3) is 0 Å². The van der Waals surface area contributed by atoms with E-state index in [1.54, 1.807) is 6.92 Å². The van der Waals surface area contributed by atoms with Crippen molar-refractivity contribution in [2.24, 2.45) is 0 Å². The average molecular weight is 155 g/mol. The van der Waals surface area contributed by atoms with Crippen molar-refractivity contribution < 1.29 is 14.9 Å². The molecule has 0 aliphatic heterocycles. The first-order valence-electron chi connectivity index (χ1n) is 2.97. The lowest BCUT2D eigenvalue weighted by Crippen LogP contribution is -2.28. The van der Waals surface area contributed by atoms with Crippen LogP contribution in [-0.2, 0) is 0 Å². The Balaban J connectivity index is 3.20. The molecular weight excluding hydrogens is 148 g/mol. The Bertz CT molecular complexity index is 298. The lowest BCUT2D eigenvalue weighted by Gasteiger charge is -1.90. The van der Waals surface area contributed by atoms with Crippen LogP contribution < -0.4 is 4.73 Å². The van der Waals surface area contributed by atoms with Crippen molar-refractivity contribution in [1.82, 2.24) is 0 Å². The van der Waals surface area contributed by atoms with E-state index >= 15 is 0 Å². The minimum Gasteiger partial charge on any atom is -0.285 e. The molecule has 1 heterocycles. The summed E-state index contributed by atoms with van der Waals surface area (Å²) in [5.74, 6) is 0. The second-order valence-electron chi connectivity index (χ2n) is 2.15. The van der Waals surface area contributed by atoms with Crippen LogP contribution in [0.5, 0.6) is 0 Å². The fourth-order valence-corrected chi connectivity index (χ4v) is 0.791. The predicted octanol–water partition coefficient (Wildman–Crippen LogP) is 0.428. The monoisotopic (exact) mass is 155 g/mol. The number of hydrogen-bond acceptors (Lipinski definition) is 3. The molecule has 1 N–H and O–H groups in total. The first-order chi connectivity index (χ1) is 5.11.